The molecule has 2 aromatic heterocycles. The molecule has 2 aromatic rings. The molecule has 0 bridgehead atoms. The molecule has 0 saturated carbocycles. The highest BCUT2D eigenvalue weighted by Crippen LogP contribution is 2.33. The molecule has 0 aromatic carbocycles. The van der Waals surface area contributed by atoms with Gasteiger partial charge in [-0.25, -0.2) is 0 Å². The number of furan rings is 1. The third-order valence-electron chi connectivity index (χ3n) is 3.35. The van der Waals surface area contributed by atoms with Gasteiger partial charge in [0, 0.05) is 6.04 Å². The molecule has 0 fully saturated rings. The van der Waals surface area contributed by atoms with E-state index in [1.165, 1.54) is 0 Å². The summed E-state index contributed by atoms with van der Waals surface area (Å²) in [6.07, 6.45) is 3.48. The Morgan fingerprint density at radius 3 is 2.70 bits per heavy atom. The van der Waals surface area contributed by atoms with E-state index in [9.17, 15) is 0 Å². The Labute approximate surface area is 119 Å². The molecule has 0 amide bonds. The Kier molecular flexibility index (Phi) is 4.49. The minimum atomic E-state index is -0.0603. The van der Waals surface area contributed by atoms with E-state index in [1.54, 1.807) is 19.6 Å². The first-order valence-electron chi connectivity index (χ1n) is 6.98. The number of ether oxygens (including phenoxy) is 1. The van der Waals surface area contributed by atoms with E-state index >= 15 is 0 Å². The zero-order valence-electron chi connectivity index (χ0n) is 12.8. The molecule has 2 heterocycles. The van der Waals surface area contributed by atoms with Gasteiger partial charge >= 0.3 is 0 Å². The van der Waals surface area contributed by atoms with Crippen molar-refractivity contribution < 1.29 is 9.15 Å². The van der Waals surface area contributed by atoms with Crippen molar-refractivity contribution in [2.45, 2.75) is 39.8 Å². The Hall–Kier alpha value is -1.75. The van der Waals surface area contributed by atoms with Gasteiger partial charge in [-0.2, -0.15) is 5.10 Å². The van der Waals surface area contributed by atoms with Gasteiger partial charge in [0.1, 0.15) is 17.5 Å². The van der Waals surface area contributed by atoms with Crippen molar-refractivity contribution in [3.8, 4) is 5.75 Å². The molecule has 5 heteroatoms. The van der Waals surface area contributed by atoms with Gasteiger partial charge in [-0.05, 0) is 38.9 Å². The molecule has 0 aliphatic carbocycles. The molecule has 0 aliphatic rings. The molecule has 1 unspecified atom stereocenters. The molecule has 5 nitrogen and oxygen atoms in total. The third-order valence-corrected chi connectivity index (χ3v) is 3.35. The number of aryl methyl sites for hydroxylation is 1. The lowest BCUT2D eigenvalue weighted by atomic mass is 10.1. The van der Waals surface area contributed by atoms with Gasteiger partial charge in [0.05, 0.1) is 19.6 Å². The predicted octanol–water partition coefficient (Wildman–Crippen LogP) is 3.07. The number of aromatic nitrogens is 2. The van der Waals surface area contributed by atoms with Gasteiger partial charge in [0.25, 0.3) is 0 Å². The molecule has 0 saturated heterocycles. The zero-order valence-corrected chi connectivity index (χ0v) is 12.8. The smallest absolute Gasteiger partial charge is 0.162 e. The highest BCUT2D eigenvalue weighted by molar-refractivity contribution is 5.36. The summed E-state index contributed by atoms with van der Waals surface area (Å²) in [6, 6.07) is 2.17. The molecule has 1 atom stereocenters. The molecule has 1 N–H and O–H groups in total. The largest absolute Gasteiger partial charge is 0.493 e. The van der Waals surface area contributed by atoms with Gasteiger partial charge in [-0.15, -0.1) is 0 Å². The van der Waals surface area contributed by atoms with Crippen LogP contribution < -0.4 is 10.1 Å². The zero-order chi connectivity index (χ0) is 14.7. The van der Waals surface area contributed by atoms with Crippen molar-refractivity contribution >= 4 is 0 Å². The van der Waals surface area contributed by atoms with E-state index in [0.29, 0.717) is 0 Å². The number of hydrogen-bond acceptors (Lipinski definition) is 4. The van der Waals surface area contributed by atoms with Crippen LogP contribution in [-0.4, -0.2) is 23.4 Å². The Morgan fingerprint density at radius 1 is 1.45 bits per heavy atom. The van der Waals surface area contributed by atoms with Crippen molar-refractivity contribution in [3.05, 3.63) is 35.5 Å². The summed E-state index contributed by atoms with van der Waals surface area (Å²) in [7, 11) is 1.67. The van der Waals surface area contributed by atoms with Crippen LogP contribution in [0.15, 0.2) is 22.9 Å². The van der Waals surface area contributed by atoms with E-state index in [1.807, 2.05) is 17.7 Å². The molecule has 0 radical (unpaired) electrons. The molecular formula is C15H23N3O2. The van der Waals surface area contributed by atoms with Crippen LogP contribution in [-0.2, 0) is 0 Å². The molecule has 20 heavy (non-hydrogen) atoms. The van der Waals surface area contributed by atoms with E-state index < -0.39 is 0 Å². The second-order valence-corrected chi connectivity index (χ2v) is 5.10. The van der Waals surface area contributed by atoms with E-state index in [4.69, 9.17) is 9.15 Å². The van der Waals surface area contributed by atoms with Crippen LogP contribution in [0.4, 0.5) is 0 Å². The number of nitrogens with zero attached hydrogens (tertiary/aromatic N) is 2. The molecule has 2 rings (SSSR count). The summed E-state index contributed by atoms with van der Waals surface area (Å²) >= 11 is 0. The number of nitrogens with one attached hydrogen (secondary N) is 1. The maximum atomic E-state index is 5.68. The van der Waals surface area contributed by atoms with Crippen molar-refractivity contribution in [1.82, 2.24) is 15.1 Å². The minimum absolute atomic E-state index is 0.0603. The first-order valence-corrected chi connectivity index (χ1v) is 6.98. The topological polar surface area (TPSA) is 52.2 Å². The standard InChI is InChI=1S/C15H23N3O2/c1-6-16-13(15-11(4)7-8-20-15)14-12(19-5)9-17-18(14)10(2)3/h7-10,13,16H,6H2,1-5H3. The maximum absolute atomic E-state index is 5.68. The molecule has 0 aliphatic heterocycles. The van der Waals surface area contributed by atoms with Crippen molar-refractivity contribution in [3.63, 3.8) is 0 Å². The normalized spacial score (nSPS) is 12.9. The summed E-state index contributed by atoms with van der Waals surface area (Å²) in [6.45, 7) is 9.17. The van der Waals surface area contributed by atoms with Crippen LogP contribution in [0.1, 0.15) is 49.9 Å². The van der Waals surface area contributed by atoms with Crippen LogP contribution in [0.2, 0.25) is 0 Å². The van der Waals surface area contributed by atoms with E-state index in [-0.39, 0.29) is 12.1 Å². The average Bonchev–Trinajstić information content (AvgIpc) is 3.02. The van der Waals surface area contributed by atoms with Gasteiger partial charge in [0.15, 0.2) is 5.75 Å². The fourth-order valence-corrected chi connectivity index (χ4v) is 2.40. The molecule has 0 spiro atoms. The molecule has 110 valence electrons. The van der Waals surface area contributed by atoms with Gasteiger partial charge in [-0.1, -0.05) is 6.92 Å². The van der Waals surface area contributed by atoms with Crippen LogP contribution in [0.5, 0.6) is 5.75 Å². The second-order valence-electron chi connectivity index (χ2n) is 5.10. The highest BCUT2D eigenvalue weighted by atomic mass is 16.5. The van der Waals surface area contributed by atoms with E-state index in [2.05, 4.69) is 31.2 Å². The number of methoxy groups -OCH3 is 1. The number of hydrogen-bond donors (Lipinski definition) is 1. The summed E-state index contributed by atoms with van der Waals surface area (Å²) in [4.78, 5) is 0. The van der Waals surface area contributed by atoms with Crippen molar-refractivity contribution in [2.24, 2.45) is 0 Å². The van der Waals surface area contributed by atoms with E-state index in [0.717, 1.165) is 29.3 Å². The number of rotatable bonds is 6. The fourth-order valence-electron chi connectivity index (χ4n) is 2.40. The first kappa shape index (κ1) is 14.7. The second kappa shape index (κ2) is 6.13. The fraction of sp³-hybridized carbons (Fsp3) is 0.533. The molecular weight excluding hydrogens is 254 g/mol. The van der Waals surface area contributed by atoms with Crippen LogP contribution in [0, 0.1) is 6.92 Å². The van der Waals surface area contributed by atoms with Gasteiger partial charge in [0.2, 0.25) is 0 Å². The lowest BCUT2D eigenvalue weighted by molar-refractivity contribution is 0.376. The summed E-state index contributed by atoms with van der Waals surface area (Å²) in [5.41, 5.74) is 2.12. The minimum Gasteiger partial charge on any atom is -0.493 e. The van der Waals surface area contributed by atoms with Gasteiger partial charge < -0.3 is 14.5 Å². The summed E-state index contributed by atoms with van der Waals surface area (Å²) in [5.74, 6) is 1.69. The highest BCUT2D eigenvalue weighted by Gasteiger charge is 2.27. The van der Waals surface area contributed by atoms with Crippen LogP contribution in [0.3, 0.4) is 0 Å². The summed E-state index contributed by atoms with van der Waals surface area (Å²) < 4.78 is 13.1. The Balaban J connectivity index is 2.54. The first-order chi connectivity index (χ1) is 9.60. The predicted molar refractivity (Wildman–Crippen MR) is 78.1 cm³/mol. The SMILES string of the molecule is CCNC(c1occc1C)c1c(OC)cnn1C(C)C. The Morgan fingerprint density at radius 2 is 2.20 bits per heavy atom. The van der Waals surface area contributed by atoms with Crippen LogP contribution >= 0.6 is 0 Å². The van der Waals surface area contributed by atoms with Gasteiger partial charge in [-0.3, -0.25) is 4.68 Å². The maximum Gasteiger partial charge on any atom is 0.162 e. The van der Waals surface area contributed by atoms with Crippen LogP contribution in [0.25, 0.3) is 0 Å². The van der Waals surface area contributed by atoms with Crippen molar-refractivity contribution in [2.75, 3.05) is 13.7 Å². The lowest BCUT2D eigenvalue weighted by Crippen LogP contribution is -2.26. The monoisotopic (exact) mass is 277 g/mol. The lowest BCUT2D eigenvalue weighted by Gasteiger charge is -2.21. The third kappa shape index (κ3) is 2.58. The van der Waals surface area contributed by atoms with Crippen molar-refractivity contribution in [1.29, 1.82) is 0 Å². The quantitative estimate of drug-likeness (QED) is 0.881. The summed E-state index contributed by atoms with van der Waals surface area (Å²) in [5, 5.41) is 7.90. The Bertz CT molecular complexity index is 557. The average molecular weight is 277 g/mol.